The average Bonchev–Trinajstić information content (AvgIpc) is 2.28. The number of Topliss-reactive ketones (excluding diaryl/α,β-unsaturated/α-hetero) is 1. The molecule has 0 fully saturated rings. The Morgan fingerprint density at radius 1 is 1.22 bits per heavy atom. The van der Waals surface area contributed by atoms with Crippen LogP contribution in [0.25, 0.3) is 0 Å². The number of hydrogen-bond donors (Lipinski definition) is 0. The summed E-state index contributed by atoms with van der Waals surface area (Å²) >= 11 is 0. The first-order valence-corrected chi connectivity index (χ1v) is 6.23. The third-order valence-electron chi connectivity index (χ3n) is 2.79. The number of rotatable bonds is 5. The molecule has 1 aromatic carbocycles. The molecule has 0 saturated heterocycles. The fourth-order valence-corrected chi connectivity index (χ4v) is 1.53. The van der Waals surface area contributed by atoms with Crippen molar-refractivity contribution in [2.45, 2.75) is 39.5 Å². The zero-order valence-electron chi connectivity index (χ0n) is 11.7. The first-order valence-electron chi connectivity index (χ1n) is 6.23. The van der Waals surface area contributed by atoms with Crippen molar-refractivity contribution < 1.29 is 9.53 Å². The molecule has 0 aromatic heterocycles. The third-order valence-corrected chi connectivity index (χ3v) is 2.79. The maximum Gasteiger partial charge on any atom is 0.161 e. The lowest BCUT2D eigenvalue weighted by atomic mass is 9.87. The Bertz CT molecular complexity index is 421. The average molecular weight is 246 g/mol. The molecule has 2 nitrogen and oxygen atoms in total. The summed E-state index contributed by atoms with van der Waals surface area (Å²) in [6, 6.07) is 8.03. The monoisotopic (exact) mass is 246 g/mol. The zero-order valence-corrected chi connectivity index (χ0v) is 11.7. The Morgan fingerprint density at radius 3 is 2.22 bits per heavy atom. The van der Waals surface area contributed by atoms with Gasteiger partial charge in [0.15, 0.2) is 5.78 Å². The number of ketones is 1. The molecule has 0 N–H and O–H groups in total. The summed E-state index contributed by atoms with van der Waals surface area (Å²) in [5.41, 5.74) is 2.00. The molecule has 0 spiro atoms. The molecule has 0 atom stereocenters. The number of ether oxygens (including phenoxy) is 1. The van der Waals surface area contributed by atoms with E-state index in [2.05, 4.69) is 39.5 Å². The van der Waals surface area contributed by atoms with Gasteiger partial charge in [-0.3, -0.25) is 4.79 Å². The molecule has 18 heavy (non-hydrogen) atoms. The van der Waals surface area contributed by atoms with E-state index in [-0.39, 0.29) is 11.2 Å². The van der Waals surface area contributed by atoms with Crippen LogP contribution in [0.3, 0.4) is 0 Å². The molecular formula is C16H22O2. The van der Waals surface area contributed by atoms with Gasteiger partial charge in [0.05, 0.1) is 6.61 Å². The van der Waals surface area contributed by atoms with Gasteiger partial charge >= 0.3 is 0 Å². The molecule has 0 saturated carbocycles. The molecule has 2 heteroatoms. The lowest BCUT2D eigenvalue weighted by molar-refractivity contribution is -0.115. The highest BCUT2D eigenvalue weighted by Crippen LogP contribution is 2.24. The van der Waals surface area contributed by atoms with Gasteiger partial charge in [-0.1, -0.05) is 39.5 Å². The zero-order chi connectivity index (χ0) is 13.8. The molecule has 0 heterocycles. The van der Waals surface area contributed by atoms with Gasteiger partial charge in [-0.05, 0) is 35.6 Å². The quantitative estimate of drug-likeness (QED) is 0.736. The van der Waals surface area contributed by atoms with Gasteiger partial charge in [-0.15, -0.1) is 0 Å². The number of carbonyl (C=O) groups is 1. The van der Waals surface area contributed by atoms with Gasteiger partial charge in [-0.25, -0.2) is 0 Å². The molecule has 0 aliphatic rings. The molecule has 0 radical (unpaired) electrons. The normalized spacial score (nSPS) is 11.1. The molecule has 0 aliphatic heterocycles. The predicted octanol–water partition coefficient (Wildman–Crippen LogP) is 3.90. The number of benzene rings is 1. The highest BCUT2D eigenvalue weighted by atomic mass is 16.5. The summed E-state index contributed by atoms with van der Waals surface area (Å²) in [7, 11) is 0. The van der Waals surface area contributed by atoms with Crippen molar-refractivity contribution in [1.29, 1.82) is 0 Å². The maximum absolute atomic E-state index is 11.3. The van der Waals surface area contributed by atoms with Crippen molar-refractivity contribution in [3.05, 3.63) is 42.0 Å². The van der Waals surface area contributed by atoms with E-state index in [9.17, 15) is 4.79 Å². The molecule has 0 aliphatic carbocycles. The van der Waals surface area contributed by atoms with Crippen LogP contribution in [0, 0.1) is 0 Å². The van der Waals surface area contributed by atoms with Gasteiger partial charge in [-0.2, -0.15) is 0 Å². The second kappa shape index (κ2) is 5.85. The summed E-state index contributed by atoms with van der Waals surface area (Å²) < 4.78 is 5.53. The number of hydrogen-bond acceptors (Lipinski definition) is 2. The van der Waals surface area contributed by atoms with E-state index >= 15 is 0 Å². The van der Waals surface area contributed by atoms with Crippen molar-refractivity contribution in [3.63, 3.8) is 0 Å². The number of allylic oxidation sites excluding steroid dienone is 1. The second-order valence-corrected chi connectivity index (χ2v) is 5.58. The van der Waals surface area contributed by atoms with Crippen molar-refractivity contribution in [2.24, 2.45) is 0 Å². The van der Waals surface area contributed by atoms with Gasteiger partial charge in [0.25, 0.3) is 0 Å². The van der Waals surface area contributed by atoms with Gasteiger partial charge in [0.1, 0.15) is 5.75 Å². The minimum Gasteiger partial charge on any atom is -0.493 e. The van der Waals surface area contributed by atoms with Crippen LogP contribution in [0.2, 0.25) is 0 Å². The summed E-state index contributed by atoms with van der Waals surface area (Å²) in [4.78, 5) is 11.3. The van der Waals surface area contributed by atoms with Gasteiger partial charge < -0.3 is 4.74 Å². The topological polar surface area (TPSA) is 26.3 Å². The second-order valence-electron chi connectivity index (χ2n) is 5.58. The predicted molar refractivity (Wildman–Crippen MR) is 75.1 cm³/mol. The smallest absolute Gasteiger partial charge is 0.161 e. The minimum absolute atomic E-state index is 0.0568. The molecule has 0 unspecified atom stereocenters. The van der Waals surface area contributed by atoms with Gasteiger partial charge in [0.2, 0.25) is 0 Å². The minimum atomic E-state index is 0.0568. The van der Waals surface area contributed by atoms with Crippen LogP contribution in [0.5, 0.6) is 5.75 Å². The van der Waals surface area contributed by atoms with E-state index in [1.165, 1.54) is 5.56 Å². The van der Waals surface area contributed by atoms with Crippen LogP contribution in [-0.2, 0) is 10.2 Å². The first kappa shape index (κ1) is 14.5. The lowest BCUT2D eigenvalue weighted by Crippen LogP contribution is -2.11. The van der Waals surface area contributed by atoms with E-state index < -0.39 is 0 Å². The summed E-state index contributed by atoms with van der Waals surface area (Å²) in [5.74, 6) is 0.860. The Labute approximate surface area is 110 Å². The van der Waals surface area contributed by atoms with Crippen LogP contribution in [0.15, 0.2) is 36.4 Å². The van der Waals surface area contributed by atoms with E-state index in [0.29, 0.717) is 18.6 Å². The van der Waals surface area contributed by atoms with Crippen LogP contribution in [0.4, 0.5) is 0 Å². The van der Waals surface area contributed by atoms with Crippen LogP contribution < -0.4 is 4.74 Å². The largest absolute Gasteiger partial charge is 0.493 e. The SMILES string of the molecule is C=C(C)C(=O)CCOc1ccc(C(C)(C)C)cc1. The standard InChI is InChI=1S/C16H22O2/c1-12(2)15(17)10-11-18-14-8-6-13(7-9-14)16(3,4)5/h6-9H,1,10-11H2,2-5H3. The highest BCUT2D eigenvalue weighted by Gasteiger charge is 2.12. The Hall–Kier alpha value is -1.57. The van der Waals surface area contributed by atoms with E-state index in [1.54, 1.807) is 6.92 Å². The van der Waals surface area contributed by atoms with Crippen LogP contribution in [0.1, 0.15) is 39.7 Å². The molecule has 0 amide bonds. The van der Waals surface area contributed by atoms with E-state index in [4.69, 9.17) is 4.74 Å². The molecule has 0 bridgehead atoms. The first-order chi connectivity index (χ1) is 8.30. The summed E-state index contributed by atoms with van der Waals surface area (Å²) in [5, 5.41) is 0. The molecule has 98 valence electrons. The lowest BCUT2D eigenvalue weighted by Gasteiger charge is -2.19. The Balaban J connectivity index is 2.50. The van der Waals surface area contributed by atoms with Crippen LogP contribution in [-0.4, -0.2) is 12.4 Å². The Kier molecular flexibility index (Phi) is 4.71. The fourth-order valence-electron chi connectivity index (χ4n) is 1.53. The van der Waals surface area contributed by atoms with Crippen molar-refractivity contribution in [1.82, 2.24) is 0 Å². The molecular weight excluding hydrogens is 224 g/mol. The summed E-state index contributed by atoms with van der Waals surface area (Å²) in [6.45, 7) is 12.3. The number of carbonyl (C=O) groups excluding carboxylic acids is 1. The highest BCUT2D eigenvalue weighted by molar-refractivity contribution is 5.94. The molecule has 1 rings (SSSR count). The van der Waals surface area contributed by atoms with Crippen molar-refractivity contribution in [2.75, 3.05) is 6.61 Å². The van der Waals surface area contributed by atoms with Crippen molar-refractivity contribution in [3.8, 4) is 5.75 Å². The van der Waals surface area contributed by atoms with E-state index in [0.717, 1.165) is 5.75 Å². The van der Waals surface area contributed by atoms with Gasteiger partial charge in [0, 0.05) is 6.42 Å². The molecule has 1 aromatic rings. The summed E-state index contributed by atoms with van der Waals surface area (Å²) in [6.07, 6.45) is 0.385. The third kappa shape index (κ3) is 4.36. The van der Waals surface area contributed by atoms with Crippen LogP contribution >= 0.6 is 0 Å². The van der Waals surface area contributed by atoms with E-state index in [1.807, 2.05) is 12.1 Å². The maximum atomic E-state index is 11.3. The fraction of sp³-hybridized carbons (Fsp3) is 0.438. The van der Waals surface area contributed by atoms with Crippen molar-refractivity contribution >= 4 is 5.78 Å². The Morgan fingerprint density at radius 2 is 1.78 bits per heavy atom.